The predicted molar refractivity (Wildman–Crippen MR) is 106 cm³/mol. The highest BCUT2D eigenvalue weighted by Gasteiger charge is 2.48. The number of amides is 2. The largest absolute Gasteiger partial charge is 0.495 e. The number of halogens is 1. The third-order valence-electron chi connectivity index (χ3n) is 4.70. The van der Waals surface area contributed by atoms with Crippen molar-refractivity contribution in [3.63, 3.8) is 0 Å². The Morgan fingerprint density at radius 3 is 2.52 bits per heavy atom. The molecule has 0 spiro atoms. The van der Waals surface area contributed by atoms with Crippen molar-refractivity contribution in [2.24, 2.45) is 11.8 Å². The van der Waals surface area contributed by atoms with Gasteiger partial charge in [0.15, 0.2) is 0 Å². The van der Waals surface area contributed by atoms with Gasteiger partial charge in [-0.25, -0.2) is 0 Å². The summed E-state index contributed by atoms with van der Waals surface area (Å²) in [6.45, 7) is 2.49. The molecule has 142 valence electrons. The van der Waals surface area contributed by atoms with Gasteiger partial charge in [-0.2, -0.15) is 0 Å². The first-order chi connectivity index (χ1) is 13.0. The summed E-state index contributed by atoms with van der Waals surface area (Å²) in [7, 11) is 1.56. The van der Waals surface area contributed by atoms with Crippen LogP contribution in [-0.2, 0) is 16.0 Å². The van der Waals surface area contributed by atoms with Crippen LogP contribution in [-0.4, -0.2) is 25.5 Å². The molecule has 1 aliphatic rings. The van der Waals surface area contributed by atoms with Crippen molar-refractivity contribution >= 4 is 29.1 Å². The van der Waals surface area contributed by atoms with Gasteiger partial charge in [0.2, 0.25) is 11.8 Å². The van der Waals surface area contributed by atoms with Gasteiger partial charge in [0.1, 0.15) is 5.75 Å². The molecule has 1 saturated carbocycles. The number of anilines is 1. The van der Waals surface area contributed by atoms with Gasteiger partial charge in [-0.3, -0.25) is 9.59 Å². The van der Waals surface area contributed by atoms with E-state index in [2.05, 4.69) is 10.6 Å². The van der Waals surface area contributed by atoms with E-state index in [0.717, 1.165) is 17.5 Å². The molecule has 1 aliphatic carbocycles. The first kappa shape index (κ1) is 19.2. The lowest BCUT2D eigenvalue weighted by molar-refractivity contribution is -0.125. The lowest BCUT2D eigenvalue weighted by Gasteiger charge is -2.11. The first-order valence-electron chi connectivity index (χ1n) is 8.95. The molecular formula is C21H23ClN2O3. The summed E-state index contributed by atoms with van der Waals surface area (Å²) in [6.07, 6.45) is 1.31. The van der Waals surface area contributed by atoms with Crippen molar-refractivity contribution < 1.29 is 14.3 Å². The molecule has 0 aromatic heterocycles. The Kier molecular flexibility index (Phi) is 6.01. The number of carbonyl (C=O) groups is 2. The number of methoxy groups -OCH3 is 1. The average molecular weight is 387 g/mol. The van der Waals surface area contributed by atoms with Crippen LogP contribution in [0.5, 0.6) is 5.75 Å². The zero-order chi connectivity index (χ0) is 19.4. The Morgan fingerprint density at radius 1 is 1.11 bits per heavy atom. The summed E-state index contributed by atoms with van der Waals surface area (Å²) in [5.41, 5.74) is 2.77. The fourth-order valence-electron chi connectivity index (χ4n) is 3.03. The van der Waals surface area contributed by atoms with E-state index in [-0.39, 0.29) is 23.7 Å². The molecule has 0 bridgehead atoms. The van der Waals surface area contributed by atoms with E-state index in [1.807, 2.05) is 49.4 Å². The summed E-state index contributed by atoms with van der Waals surface area (Å²) in [4.78, 5) is 24.7. The van der Waals surface area contributed by atoms with Gasteiger partial charge in [-0.05, 0) is 55.2 Å². The zero-order valence-corrected chi connectivity index (χ0v) is 16.2. The molecule has 2 amide bonds. The van der Waals surface area contributed by atoms with Crippen LogP contribution in [0, 0.1) is 18.8 Å². The zero-order valence-electron chi connectivity index (χ0n) is 15.4. The molecule has 0 heterocycles. The SMILES string of the molecule is COc1ccc(C)cc1NC(=O)C1CC1C(=O)NCCc1ccc(Cl)cc1. The highest BCUT2D eigenvalue weighted by atomic mass is 35.5. The summed E-state index contributed by atoms with van der Waals surface area (Å²) in [5, 5.41) is 6.49. The molecule has 5 nitrogen and oxygen atoms in total. The average Bonchev–Trinajstić information content (AvgIpc) is 3.44. The second kappa shape index (κ2) is 8.44. The fourth-order valence-corrected chi connectivity index (χ4v) is 3.16. The molecule has 2 unspecified atom stereocenters. The van der Waals surface area contributed by atoms with Crippen molar-refractivity contribution in [3.8, 4) is 5.75 Å². The van der Waals surface area contributed by atoms with E-state index in [1.54, 1.807) is 7.11 Å². The van der Waals surface area contributed by atoms with Gasteiger partial charge in [0, 0.05) is 11.6 Å². The third-order valence-corrected chi connectivity index (χ3v) is 4.95. The molecule has 27 heavy (non-hydrogen) atoms. The van der Waals surface area contributed by atoms with Crippen LogP contribution in [0.15, 0.2) is 42.5 Å². The molecule has 6 heteroatoms. The first-order valence-corrected chi connectivity index (χ1v) is 9.33. The Labute approximate surface area is 164 Å². The minimum Gasteiger partial charge on any atom is -0.495 e. The topological polar surface area (TPSA) is 67.4 Å². The van der Waals surface area contributed by atoms with Crippen molar-refractivity contribution in [1.82, 2.24) is 5.32 Å². The van der Waals surface area contributed by atoms with Crippen LogP contribution in [0.3, 0.4) is 0 Å². The Bertz CT molecular complexity index is 836. The summed E-state index contributed by atoms with van der Waals surface area (Å²) >= 11 is 5.86. The van der Waals surface area contributed by atoms with Gasteiger partial charge in [-0.15, -0.1) is 0 Å². The van der Waals surface area contributed by atoms with Crippen molar-refractivity contribution in [1.29, 1.82) is 0 Å². The molecule has 3 rings (SSSR count). The smallest absolute Gasteiger partial charge is 0.228 e. The molecule has 2 atom stereocenters. The number of nitrogens with one attached hydrogen (secondary N) is 2. The monoisotopic (exact) mass is 386 g/mol. The minimum atomic E-state index is -0.286. The molecule has 2 N–H and O–H groups in total. The number of carbonyl (C=O) groups excluding carboxylic acids is 2. The normalized spacial score (nSPS) is 17.9. The Morgan fingerprint density at radius 2 is 1.81 bits per heavy atom. The Hall–Kier alpha value is -2.53. The van der Waals surface area contributed by atoms with Crippen molar-refractivity contribution in [2.45, 2.75) is 19.8 Å². The van der Waals surface area contributed by atoms with Crippen LogP contribution in [0.25, 0.3) is 0 Å². The molecule has 0 aliphatic heterocycles. The maximum Gasteiger partial charge on any atom is 0.228 e. The number of aryl methyl sites for hydroxylation is 1. The molecule has 1 fully saturated rings. The van der Waals surface area contributed by atoms with E-state index < -0.39 is 0 Å². The second-order valence-corrected chi connectivity index (χ2v) is 7.25. The van der Waals surface area contributed by atoms with E-state index in [1.165, 1.54) is 0 Å². The van der Waals surface area contributed by atoms with Gasteiger partial charge in [0.25, 0.3) is 0 Å². The number of benzene rings is 2. The second-order valence-electron chi connectivity index (χ2n) is 6.81. The van der Waals surface area contributed by atoms with Crippen LogP contribution in [0.2, 0.25) is 5.02 Å². The minimum absolute atomic E-state index is 0.0691. The number of ether oxygens (including phenoxy) is 1. The van der Waals surface area contributed by atoms with E-state index in [4.69, 9.17) is 16.3 Å². The molecule has 2 aromatic carbocycles. The van der Waals surface area contributed by atoms with E-state index in [0.29, 0.717) is 29.4 Å². The summed E-state index contributed by atoms with van der Waals surface area (Å²) < 4.78 is 5.28. The maximum absolute atomic E-state index is 12.4. The van der Waals surface area contributed by atoms with Crippen molar-refractivity contribution in [2.75, 3.05) is 19.0 Å². The van der Waals surface area contributed by atoms with Crippen LogP contribution < -0.4 is 15.4 Å². The highest BCUT2D eigenvalue weighted by molar-refractivity contribution is 6.30. The standard InChI is InChI=1S/C21H23ClN2O3/c1-13-3-8-19(27-2)18(11-13)24-21(26)17-12-16(17)20(25)23-10-9-14-4-6-15(22)7-5-14/h3-8,11,16-17H,9-10,12H2,1-2H3,(H,23,25)(H,24,26). The van der Waals surface area contributed by atoms with Gasteiger partial charge < -0.3 is 15.4 Å². The number of rotatable bonds is 7. The lowest BCUT2D eigenvalue weighted by atomic mass is 10.1. The van der Waals surface area contributed by atoms with Gasteiger partial charge in [-0.1, -0.05) is 29.8 Å². The van der Waals surface area contributed by atoms with Crippen LogP contribution in [0.1, 0.15) is 17.5 Å². The maximum atomic E-state index is 12.4. The van der Waals surface area contributed by atoms with Crippen LogP contribution >= 0.6 is 11.6 Å². The quantitative estimate of drug-likeness (QED) is 0.764. The van der Waals surface area contributed by atoms with Gasteiger partial charge >= 0.3 is 0 Å². The Balaban J connectivity index is 1.47. The molecule has 0 saturated heterocycles. The number of hydrogen-bond acceptors (Lipinski definition) is 3. The highest BCUT2D eigenvalue weighted by Crippen LogP contribution is 2.40. The van der Waals surface area contributed by atoms with Crippen LogP contribution in [0.4, 0.5) is 5.69 Å². The summed E-state index contributed by atoms with van der Waals surface area (Å²) in [5.74, 6) is -0.146. The predicted octanol–water partition coefficient (Wildman–Crippen LogP) is 3.59. The fraction of sp³-hybridized carbons (Fsp3) is 0.333. The molecular weight excluding hydrogens is 364 g/mol. The number of hydrogen-bond donors (Lipinski definition) is 2. The van der Waals surface area contributed by atoms with Gasteiger partial charge in [0.05, 0.1) is 24.6 Å². The molecule has 2 aromatic rings. The van der Waals surface area contributed by atoms with E-state index >= 15 is 0 Å². The summed E-state index contributed by atoms with van der Waals surface area (Å²) in [6, 6.07) is 13.1. The molecule has 0 radical (unpaired) electrons. The van der Waals surface area contributed by atoms with Crippen molar-refractivity contribution in [3.05, 3.63) is 58.6 Å². The lowest BCUT2D eigenvalue weighted by Crippen LogP contribution is -2.29. The third kappa shape index (κ3) is 5.01. The van der Waals surface area contributed by atoms with E-state index in [9.17, 15) is 9.59 Å².